The van der Waals surface area contributed by atoms with Gasteiger partial charge < -0.3 is 10.6 Å². The molecule has 3 fully saturated rings. The first-order chi connectivity index (χ1) is 8.33. The standard InChI is InChI=1S/C14H24N2O/c17-14(13-3-1-2-6-15-13)16-9-12-8-10-4-5-11(12)7-10/h10-13,15H,1-9H2,(H,16,17)/t10?,11?,12?,13-/m1/s1. The third-order valence-corrected chi connectivity index (χ3v) is 5.05. The average Bonchev–Trinajstić information content (AvgIpc) is 2.99. The van der Waals surface area contributed by atoms with Crippen molar-refractivity contribution in [1.29, 1.82) is 0 Å². The van der Waals surface area contributed by atoms with E-state index in [0.29, 0.717) is 0 Å². The lowest BCUT2D eigenvalue weighted by Gasteiger charge is -2.25. The third kappa shape index (κ3) is 2.49. The number of fused-ring (bicyclic) bond motifs is 2. The van der Waals surface area contributed by atoms with E-state index < -0.39 is 0 Å². The smallest absolute Gasteiger partial charge is 0.237 e. The van der Waals surface area contributed by atoms with E-state index in [2.05, 4.69) is 10.6 Å². The van der Waals surface area contributed by atoms with Crippen LogP contribution < -0.4 is 10.6 Å². The molecule has 2 saturated carbocycles. The molecular weight excluding hydrogens is 212 g/mol. The second-order valence-electron chi connectivity index (χ2n) is 6.18. The maximum Gasteiger partial charge on any atom is 0.237 e. The van der Waals surface area contributed by atoms with Crippen LogP contribution in [0.2, 0.25) is 0 Å². The second kappa shape index (κ2) is 4.97. The first-order valence-electron chi connectivity index (χ1n) is 7.34. The Kier molecular flexibility index (Phi) is 3.37. The van der Waals surface area contributed by atoms with Gasteiger partial charge in [-0.3, -0.25) is 4.79 Å². The van der Waals surface area contributed by atoms with Gasteiger partial charge in [-0.15, -0.1) is 0 Å². The first-order valence-corrected chi connectivity index (χ1v) is 7.34. The Bertz CT molecular complexity index is 286. The summed E-state index contributed by atoms with van der Waals surface area (Å²) >= 11 is 0. The van der Waals surface area contributed by atoms with E-state index in [0.717, 1.165) is 37.3 Å². The lowest BCUT2D eigenvalue weighted by atomic mass is 9.89. The van der Waals surface area contributed by atoms with Crippen LogP contribution in [0.1, 0.15) is 44.9 Å². The number of hydrogen-bond donors (Lipinski definition) is 2. The number of rotatable bonds is 3. The molecule has 3 aliphatic rings. The fraction of sp³-hybridized carbons (Fsp3) is 0.929. The Morgan fingerprint density at radius 1 is 1.18 bits per heavy atom. The minimum atomic E-state index is 0.0855. The summed E-state index contributed by atoms with van der Waals surface area (Å²) in [5, 5.41) is 6.49. The summed E-state index contributed by atoms with van der Waals surface area (Å²) in [6.45, 7) is 1.93. The summed E-state index contributed by atoms with van der Waals surface area (Å²) < 4.78 is 0. The van der Waals surface area contributed by atoms with E-state index >= 15 is 0 Å². The molecule has 2 bridgehead atoms. The van der Waals surface area contributed by atoms with Crippen molar-refractivity contribution in [1.82, 2.24) is 10.6 Å². The molecule has 4 atom stereocenters. The van der Waals surface area contributed by atoms with Crippen LogP contribution in [0, 0.1) is 17.8 Å². The van der Waals surface area contributed by atoms with Gasteiger partial charge in [-0.2, -0.15) is 0 Å². The lowest BCUT2D eigenvalue weighted by molar-refractivity contribution is -0.123. The van der Waals surface area contributed by atoms with E-state index in [1.807, 2.05) is 0 Å². The highest BCUT2D eigenvalue weighted by Crippen LogP contribution is 2.47. The van der Waals surface area contributed by atoms with Gasteiger partial charge in [0, 0.05) is 6.54 Å². The van der Waals surface area contributed by atoms with Crippen LogP contribution >= 0.6 is 0 Å². The highest BCUT2D eigenvalue weighted by atomic mass is 16.2. The quantitative estimate of drug-likeness (QED) is 0.783. The average molecular weight is 236 g/mol. The van der Waals surface area contributed by atoms with Crippen molar-refractivity contribution in [3.63, 3.8) is 0 Å². The number of piperidine rings is 1. The van der Waals surface area contributed by atoms with Gasteiger partial charge in [0.05, 0.1) is 6.04 Å². The molecule has 3 nitrogen and oxygen atoms in total. The van der Waals surface area contributed by atoms with Gasteiger partial charge in [0.15, 0.2) is 0 Å². The minimum Gasteiger partial charge on any atom is -0.354 e. The van der Waals surface area contributed by atoms with Crippen molar-refractivity contribution in [3.05, 3.63) is 0 Å². The second-order valence-corrected chi connectivity index (χ2v) is 6.18. The molecule has 0 aromatic rings. The first kappa shape index (κ1) is 11.5. The number of carbonyl (C=O) groups excluding carboxylic acids is 1. The van der Waals surface area contributed by atoms with Gasteiger partial charge in [-0.1, -0.05) is 12.8 Å². The van der Waals surface area contributed by atoms with Gasteiger partial charge in [0.2, 0.25) is 5.91 Å². The molecule has 17 heavy (non-hydrogen) atoms. The van der Waals surface area contributed by atoms with Crippen LogP contribution in [-0.4, -0.2) is 25.0 Å². The Hall–Kier alpha value is -0.570. The zero-order valence-corrected chi connectivity index (χ0v) is 10.6. The van der Waals surface area contributed by atoms with Crippen LogP contribution in [0.15, 0.2) is 0 Å². The predicted octanol–water partition coefficient (Wildman–Crippen LogP) is 1.68. The molecule has 1 aliphatic heterocycles. The molecule has 1 saturated heterocycles. The van der Waals surface area contributed by atoms with Gasteiger partial charge in [0.1, 0.15) is 0 Å². The van der Waals surface area contributed by atoms with Gasteiger partial charge >= 0.3 is 0 Å². The zero-order chi connectivity index (χ0) is 11.7. The topological polar surface area (TPSA) is 41.1 Å². The van der Waals surface area contributed by atoms with Crippen LogP contribution in [0.25, 0.3) is 0 Å². The number of amides is 1. The van der Waals surface area contributed by atoms with Gasteiger partial charge in [-0.25, -0.2) is 0 Å². The molecule has 1 heterocycles. The van der Waals surface area contributed by atoms with Crippen LogP contribution in [0.5, 0.6) is 0 Å². The Morgan fingerprint density at radius 3 is 2.76 bits per heavy atom. The summed E-state index contributed by atoms with van der Waals surface area (Å²) in [6, 6.07) is 0.0855. The lowest BCUT2D eigenvalue weighted by Crippen LogP contribution is -2.47. The van der Waals surface area contributed by atoms with Crippen molar-refractivity contribution >= 4 is 5.91 Å². The highest BCUT2D eigenvalue weighted by molar-refractivity contribution is 5.81. The molecule has 96 valence electrons. The molecule has 2 N–H and O–H groups in total. The van der Waals surface area contributed by atoms with Crippen molar-refractivity contribution < 1.29 is 4.79 Å². The normalized spacial score (nSPS) is 40.5. The van der Waals surface area contributed by atoms with Crippen molar-refractivity contribution in [2.75, 3.05) is 13.1 Å². The van der Waals surface area contributed by atoms with Crippen molar-refractivity contribution in [2.45, 2.75) is 51.0 Å². The summed E-state index contributed by atoms with van der Waals surface area (Å²) in [4.78, 5) is 12.0. The van der Waals surface area contributed by atoms with Crippen LogP contribution in [0.4, 0.5) is 0 Å². The highest BCUT2D eigenvalue weighted by Gasteiger charge is 2.39. The van der Waals surface area contributed by atoms with E-state index in [1.54, 1.807) is 0 Å². The largest absolute Gasteiger partial charge is 0.354 e. The predicted molar refractivity (Wildman–Crippen MR) is 67.6 cm³/mol. The third-order valence-electron chi connectivity index (χ3n) is 5.05. The minimum absolute atomic E-state index is 0.0855. The molecule has 3 heteroatoms. The fourth-order valence-corrected chi connectivity index (χ4v) is 4.06. The molecule has 0 aromatic carbocycles. The Morgan fingerprint density at radius 2 is 2.12 bits per heavy atom. The SMILES string of the molecule is O=C(NCC1CC2CCC1C2)[C@H]1CCCCN1. The Balaban J connectivity index is 1.43. The zero-order valence-electron chi connectivity index (χ0n) is 10.6. The summed E-state index contributed by atoms with van der Waals surface area (Å²) in [6.07, 6.45) is 9.08. The molecule has 2 aliphatic carbocycles. The molecular formula is C14H24N2O. The van der Waals surface area contributed by atoms with Crippen molar-refractivity contribution in [3.8, 4) is 0 Å². The van der Waals surface area contributed by atoms with Crippen molar-refractivity contribution in [2.24, 2.45) is 17.8 Å². The van der Waals surface area contributed by atoms with Gasteiger partial charge in [0.25, 0.3) is 0 Å². The van der Waals surface area contributed by atoms with Crippen LogP contribution in [-0.2, 0) is 4.79 Å². The summed E-state index contributed by atoms with van der Waals surface area (Å²) in [7, 11) is 0. The fourth-order valence-electron chi connectivity index (χ4n) is 4.06. The monoisotopic (exact) mass is 236 g/mol. The number of nitrogens with one attached hydrogen (secondary N) is 2. The molecule has 3 rings (SSSR count). The van der Waals surface area contributed by atoms with E-state index in [-0.39, 0.29) is 11.9 Å². The summed E-state index contributed by atoms with van der Waals surface area (Å²) in [5.74, 6) is 2.92. The van der Waals surface area contributed by atoms with E-state index in [4.69, 9.17) is 0 Å². The molecule has 0 aromatic heterocycles. The molecule has 3 unspecified atom stereocenters. The maximum atomic E-state index is 12.0. The Labute approximate surface area is 104 Å². The number of carbonyl (C=O) groups is 1. The molecule has 0 radical (unpaired) electrons. The van der Waals surface area contributed by atoms with Gasteiger partial charge in [-0.05, 0) is 56.4 Å². The summed E-state index contributed by atoms with van der Waals surface area (Å²) in [5.41, 5.74) is 0. The van der Waals surface area contributed by atoms with E-state index in [9.17, 15) is 4.79 Å². The van der Waals surface area contributed by atoms with E-state index in [1.165, 1.54) is 38.5 Å². The number of hydrogen-bond acceptors (Lipinski definition) is 2. The molecule has 1 amide bonds. The maximum absolute atomic E-state index is 12.0. The molecule has 0 spiro atoms. The van der Waals surface area contributed by atoms with Crippen LogP contribution in [0.3, 0.4) is 0 Å².